The van der Waals surface area contributed by atoms with Crippen LogP contribution in [0.1, 0.15) is 22.3 Å². The van der Waals surface area contributed by atoms with E-state index in [1.807, 2.05) is 0 Å². The number of nitrogen functional groups attached to an aromatic ring is 1. The average molecular weight is 279 g/mol. The topological polar surface area (TPSA) is 86.5 Å². The van der Waals surface area contributed by atoms with Crippen LogP contribution in [0.25, 0.3) is 0 Å². The number of halogens is 2. The summed E-state index contributed by atoms with van der Waals surface area (Å²) in [6, 6.07) is 2.02. The summed E-state index contributed by atoms with van der Waals surface area (Å²) in [5.41, 5.74) is 3.62. The van der Waals surface area contributed by atoms with Gasteiger partial charge in [0.25, 0.3) is 6.43 Å². The van der Waals surface area contributed by atoms with Gasteiger partial charge in [0.15, 0.2) is 9.84 Å². The summed E-state index contributed by atoms with van der Waals surface area (Å²) >= 11 is 0. The van der Waals surface area contributed by atoms with E-state index in [2.05, 4.69) is 4.74 Å². The van der Waals surface area contributed by atoms with Gasteiger partial charge in [-0.15, -0.1) is 0 Å². The number of hydrogen-bond donors (Lipinski definition) is 1. The van der Waals surface area contributed by atoms with Gasteiger partial charge in [-0.25, -0.2) is 22.0 Å². The molecule has 0 aliphatic heterocycles. The molecule has 8 heteroatoms. The second-order valence-electron chi connectivity index (χ2n) is 3.51. The van der Waals surface area contributed by atoms with Crippen molar-refractivity contribution in [2.24, 2.45) is 0 Å². The number of methoxy groups -OCH3 is 1. The lowest BCUT2D eigenvalue weighted by Gasteiger charge is -2.13. The Morgan fingerprint density at radius 2 is 1.94 bits per heavy atom. The SMILES string of the molecule is COC(=O)c1c(N)ccc(S(C)(=O)=O)c1C(F)F. The molecule has 2 N–H and O–H groups in total. The van der Waals surface area contributed by atoms with Crippen molar-refractivity contribution in [2.45, 2.75) is 11.3 Å². The number of nitrogens with two attached hydrogens (primary N) is 1. The molecule has 0 aromatic heterocycles. The standard InChI is InChI=1S/C10H11F2NO4S/c1-17-10(14)7-5(13)3-4-6(18(2,15)16)8(7)9(11)12/h3-4,9H,13H2,1-2H3. The number of benzene rings is 1. The minimum atomic E-state index is -3.90. The number of hydrogen-bond acceptors (Lipinski definition) is 5. The van der Waals surface area contributed by atoms with E-state index in [0.717, 1.165) is 25.5 Å². The summed E-state index contributed by atoms with van der Waals surface area (Å²) in [5, 5.41) is 0. The first-order chi connectivity index (χ1) is 8.20. The van der Waals surface area contributed by atoms with Crippen LogP contribution in [0.15, 0.2) is 17.0 Å². The van der Waals surface area contributed by atoms with Gasteiger partial charge in [0.2, 0.25) is 0 Å². The smallest absolute Gasteiger partial charge is 0.340 e. The molecule has 1 rings (SSSR count). The maximum atomic E-state index is 13.0. The van der Waals surface area contributed by atoms with E-state index in [0.29, 0.717) is 0 Å². The second kappa shape index (κ2) is 4.89. The monoisotopic (exact) mass is 279 g/mol. The van der Waals surface area contributed by atoms with Gasteiger partial charge in [0.1, 0.15) is 0 Å². The molecular formula is C10H11F2NO4S. The Hall–Kier alpha value is -1.70. The molecule has 0 amide bonds. The third kappa shape index (κ3) is 2.58. The molecule has 0 saturated heterocycles. The predicted molar refractivity (Wildman–Crippen MR) is 60.3 cm³/mol. The molecule has 0 heterocycles. The van der Waals surface area contributed by atoms with E-state index in [9.17, 15) is 22.0 Å². The van der Waals surface area contributed by atoms with Gasteiger partial charge in [0.05, 0.1) is 23.1 Å². The number of sulfone groups is 1. The third-order valence-electron chi connectivity index (χ3n) is 2.24. The number of esters is 1. The highest BCUT2D eigenvalue weighted by atomic mass is 32.2. The Bertz CT molecular complexity index is 584. The van der Waals surface area contributed by atoms with E-state index in [-0.39, 0.29) is 5.69 Å². The highest BCUT2D eigenvalue weighted by Gasteiger charge is 2.29. The lowest BCUT2D eigenvalue weighted by atomic mass is 10.1. The van der Waals surface area contributed by atoms with E-state index >= 15 is 0 Å². The third-order valence-corrected chi connectivity index (χ3v) is 3.40. The predicted octanol–water partition coefficient (Wildman–Crippen LogP) is 1.40. The molecule has 100 valence electrons. The summed E-state index contributed by atoms with van der Waals surface area (Å²) < 4.78 is 53.1. The molecule has 1 aromatic carbocycles. The summed E-state index contributed by atoms with van der Waals surface area (Å²) in [4.78, 5) is 10.8. The van der Waals surface area contributed by atoms with Crippen molar-refractivity contribution in [3.63, 3.8) is 0 Å². The summed E-state index contributed by atoms with van der Waals surface area (Å²) in [7, 11) is -2.91. The van der Waals surface area contributed by atoms with Gasteiger partial charge < -0.3 is 10.5 Å². The van der Waals surface area contributed by atoms with E-state index in [4.69, 9.17) is 5.73 Å². The van der Waals surface area contributed by atoms with Crippen LogP contribution in [0.4, 0.5) is 14.5 Å². The largest absolute Gasteiger partial charge is 0.465 e. The van der Waals surface area contributed by atoms with Gasteiger partial charge in [0, 0.05) is 11.9 Å². The number of carbonyl (C=O) groups is 1. The molecule has 0 bridgehead atoms. The molecule has 0 saturated carbocycles. The van der Waals surface area contributed by atoms with Gasteiger partial charge in [-0.2, -0.15) is 0 Å². The van der Waals surface area contributed by atoms with Crippen molar-refractivity contribution in [1.29, 1.82) is 0 Å². The van der Waals surface area contributed by atoms with Crippen molar-refractivity contribution in [3.8, 4) is 0 Å². The first-order valence-electron chi connectivity index (χ1n) is 4.69. The lowest BCUT2D eigenvalue weighted by molar-refractivity contribution is 0.0589. The minimum absolute atomic E-state index is 0.260. The van der Waals surface area contributed by atoms with Gasteiger partial charge in [-0.3, -0.25) is 0 Å². The highest BCUT2D eigenvalue weighted by Crippen LogP contribution is 2.33. The van der Waals surface area contributed by atoms with E-state index in [1.54, 1.807) is 0 Å². The van der Waals surface area contributed by atoms with Crippen LogP contribution in [-0.4, -0.2) is 27.8 Å². The number of carbonyl (C=O) groups excluding carboxylic acids is 1. The fraction of sp³-hybridized carbons (Fsp3) is 0.300. The molecule has 0 radical (unpaired) electrons. The maximum Gasteiger partial charge on any atom is 0.340 e. The minimum Gasteiger partial charge on any atom is -0.465 e. The molecule has 0 unspecified atom stereocenters. The molecule has 5 nitrogen and oxygen atoms in total. The first-order valence-corrected chi connectivity index (χ1v) is 6.58. The fourth-order valence-corrected chi connectivity index (χ4v) is 2.39. The first kappa shape index (κ1) is 14.4. The van der Waals surface area contributed by atoms with E-state index in [1.165, 1.54) is 0 Å². The molecule has 0 atom stereocenters. The van der Waals surface area contributed by atoms with Crippen LogP contribution in [0.3, 0.4) is 0 Å². The molecule has 0 fully saturated rings. The van der Waals surface area contributed by atoms with Crippen molar-refractivity contribution in [2.75, 3.05) is 19.1 Å². The number of ether oxygens (including phenoxy) is 1. The van der Waals surface area contributed by atoms with Crippen LogP contribution < -0.4 is 5.73 Å². The Balaban J connectivity index is 3.75. The van der Waals surface area contributed by atoms with Crippen molar-refractivity contribution in [1.82, 2.24) is 0 Å². The molecule has 0 spiro atoms. The molecule has 0 aliphatic rings. The Morgan fingerprint density at radius 1 is 1.39 bits per heavy atom. The van der Waals surface area contributed by atoms with Gasteiger partial charge in [-0.1, -0.05) is 0 Å². The molecule has 1 aromatic rings. The van der Waals surface area contributed by atoms with Crippen molar-refractivity contribution < 1.29 is 26.7 Å². The highest BCUT2D eigenvalue weighted by molar-refractivity contribution is 7.90. The normalized spacial score (nSPS) is 11.6. The van der Waals surface area contributed by atoms with Gasteiger partial charge >= 0.3 is 5.97 Å². The Morgan fingerprint density at radius 3 is 2.33 bits per heavy atom. The molecular weight excluding hydrogens is 268 g/mol. The fourth-order valence-electron chi connectivity index (χ4n) is 1.49. The maximum absolute atomic E-state index is 13.0. The summed E-state index contributed by atoms with van der Waals surface area (Å²) in [6.07, 6.45) is -2.39. The van der Waals surface area contributed by atoms with Crippen LogP contribution in [-0.2, 0) is 14.6 Å². The zero-order chi connectivity index (χ0) is 14.1. The lowest BCUT2D eigenvalue weighted by Crippen LogP contribution is -2.14. The summed E-state index contributed by atoms with van der Waals surface area (Å²) in [6.45, 7) is 0. The van der Waals surface area contributed by atoms with Crippen LogP contribution in [0.5, 0.6) is 0 Å². The molecule has 0 aliphatic carbocycles. The van der Waals surface area contributed by atoms with Crippen LogP contribution >= 0.6 is 0 Å². The second-order valence-corrected chi connectivity index (χ2v) is 5.49. The van der Waals surface area contributed by atoms with Crippen LogP contribution in [0, 0.1) is 0 Å². The number of rotatable bonds is 3. The zero-order valence-electron chi connectivity index (χ0n) is 9.61. The van der Waals surface area contributed by atoms with Gasteiger partial charge in [-0.05, 0) is 12.1 Å². The zero-order valence-corrected chi connectivity index (χ0v) is 10.4. The number of alkyl halides is 2. The van der Waals surface area contributed by atoms with E-state index < -0.39 is 38.3 Å². The van der Waals surface area contributed by atoms with Crippen molar-refractivity contribution >= 4 is 21.5 Å². The molecule has 18 heavy (non-hydrogen) atoms. The Labute approximate surface area is 102 Å². The number of anilines is 1. The Kier molecular flexibility index (Phi) is 3.90. The summed E-state index contributed by atoms with van der Waals surface area (Å²) in [5.74, 6) is -1.10. The van der Waals surface area contributed by atoms with Crippen LogP contribution in [0.2, 0.25) is 0 Å². The quantitative estimate of drug-likeness (QED) is 0.667. The average Bonchev–Trinajstić information content (AvgIpc) is 2.25. The van der Waals surface area contributed by atoms with Crippen molar-refractivity contribution in [3.05, 3.63) is 23.3 Å².